The van der Waals surface area contributed by atoms with Gasteiger partial charge in [-0.05, 0) is 41.5 Å². The molecule has 1 saturated heterocycles. The second kappa shape index (κ2) is 9.27. The number of nitrogens with zero attached hydrogens (tertiary/aromatic N) is 1. The molecule has 0 aliphatic carbocycles. The van der Waals surface area contributed by atoms with Gasteiger partial charge in [-0.3, -0.25) is 14.4 Å². The number of benzene rings is 4. The fraction of sp³-hybridized carbons (Fsp3) is 0.147. The SMILES string of the molecule is COc1ccc(C(=O)C2C(C(=O)c3ccccc3)N3c4ccccc4C=CC3C23C(=O)Nc2ccccc23)cc1F. The van der Waals surface area contributed by atoms with E-state index < -0.39 is 35.0 Å². The molecule has 6 nitrogen and oxygen atoms in total. The van der Waals surface area contributed by atoms with E-state index >= 15 is 0 Å². The number of hydrogen-bond donors (Lipinski definition) is 1. The Balaban J connectivity index is 1.53. The highest BCUT2D eigenvalue weighted by molar-refractivity contribution is 6.18. The summed E-state index contributed by atoms with van der Waals surface area (Å²) in [6, 6.07) is 26.0. The van der Waals surface area contributed by atoms with Crippen molar-refractivity contribution in [1.82, 2.24) is 0 Å². The van der Waals surface area contributed by atoms with Crippen molar-refractivity contribution < 1.29 is 23.5 Å². The summed E-state index contributed by atoms with van der Waals surface area (Å²) in [5.74, 6) is -3.02. The molecule has 7 rings (SSSR count). The Morgan fingerprint density at radius 1 is 0.878 bits per heavy atom. The van der Waals surface area contributed by atoms with E-state index in [-0.39, 0.29) is 23.0 Å². The second-order valence-electron chi connectivity index (χ2n) is 10.5. The predicted octanol–water partition coefficient (Wildman–Crippen LogP) is 5.69. The van der Waals surface area contributed by atoms with Crippen LogP contribution in [0.15, 0.2) is 103 Å². The first-order valence-corrected chi connectivity index (χ1v) is 13.4. The molecule has 0 radical (unpaired) electrons. The Hall–Kier alpha value is -5.04. The number of hydrogen-bond acceptors (Lipinski definition) is 5. The van der Waals surface area contributed by atoms with Gasteiger partial charge in [-0.2, -0.15) is 0 Å². The summed E-state index contributed by atoms with van der Waals surface area (Å²) >= 11 is 0. The van der Waals surface area contributed by atoms with Crippen LogP contribution in [-0.2, 0) is 10.2 Å². The van der Waals surface area contributed by atoms with Gasteiger partial charge >= 0.3 is 0 Å². The van der Waals surface area contributed by atoms with Crippen molar-refractivity contribution in [3.05, 3.63) is 131 Å². The van der Waals surface area contributed by atoms with Gasteiger partial charge in [0.15, 0.2) is 23.1 Å². The van der Waals surface area contributed by atoms with Gasteiger partial charge < -0.3 is 15.0 Å². The molecule has 7 heteroatoms. The number of nitrogens with one attached hydrogen (secondary N) is 1. The number of amides is 1. The molecular formula is C34H25FN2O4. The molecule has 3 aliphatic rings. The fourth-order valence-corrected chi connectivity index (χ4v) is 6.89. The van der Waals surface area contributed by atoms with E-state index in [1.807, 2.05) is 65.6 Å². The summed E-state index contributed by atoms with van der Waals surface area (Å²) in [4.78, 5) is 45.5. The fourth-order valence-electron chi connectivity index (χ4n) is 6.89. The topological polar surface area (TPSA) is 75.7 Å². The highest BCUT2D eigenvalue weighted by Gasteiger charge is 2.70. The lowest BCUT2D eigenvalue weighted by molar-refractivity contribution is -0.121. The lowest BCUT2D eigenvalue weighted by atomic mass is 9.64. The van der Waals surface area contributed by atoms with Crippen molar-refractivity contribution in [2.24, 2.45) is 5.92 Å². The summed E-state index contributed by atoms with van der Waals surface area (Å²) in [5, 5.41) is 3.00. The molecule has 1 N–H and O–H groups in total. The number of carbonyl (C=O) groups excluding carboxylic acids is 3. The average Bonchev–Trinajstić information content (AvgIpc) is 3.49. The number of ketones is 2. The Morgan fingerprint density at radius 3 is 2.39 bits per heavy atom. The summed E-state index contributed by atoms with van der Waals surface area (Å²) in [5.41, 5.74) is 1.89. The number of methoxy groups -OCH3 is 1. The molecule has 3 heterocycles. The van der Waals surface area contributed by atoms with E-state index in [9.17, 15) is 18.8 Å². The molecule has 0 saturated carbocycles. The summed E-state index contributed by atoms with van der Waals surface area (Å²) in [6.45, 7) is 0. The van der Waals surface area contributed by atoms with Crippen LogP contribution in [0, 0.1) is 11.7 Å². The first kappa shape index (κ1) is 25.0. The minimum atomic E-state index is -1.46. The van der Waals surface area contributed by atoms with Crippen LogP contribution in [0.2, 0.25) is 0 Å². The minimum absolute atomic E-state index is 0.00201. The molecule has 4 atom stereocenters. The van der Waals surface area contributed by atoms with E-state index in [4.69, 9.17) is 4.74 Å². The number of para-hydroxylation sites is 2. The molecule has 4 unspecified atom stereocenters. The van der Waals surface area contributed by atoms with Crippen molar-refractivity contribution in [1.29, 1.82) is 0 Å². The highest BCUT2D eigenvalue weighted by atomic mass is 19.1. The monoisotopic (exact) mass is 544 g/mol. The van der Waals surface area contributed by atoms with Crippen LogP contribution >= 0.6 is 0 Å². The van der Waals surface area contributed by atoms with Crippen LogP contribution in [-0.4, -0.2) is 36.7 Å². The zero-order valence-corrected chi connectivity index (χ0v) is 22.1. The highest BCUT2D eigenvalue weighted by Crippen LogP contribution is 2.58. The van der Waals surface area contributed by atoms with Gasteiger partial charge in [0.25, 0.3) is 0 Å². The smallest absolute Gasteiger partial charge is 0.238 e. The Kier molecular flexibility index (Phi) is 5.64. The number of fused-ring (bicyclic) bond motifs is 6. The first-order chi connectivity index (χ1) is 20.0. The molecule has 1 spiro atoms. The van der Waals surface area contributed by atoms with Crippen LogP contribution in [0.3, 0.4) is 0 Å². The maximum atomic E-state index is 15.0. The molecule has 202 valence electrons. The van der Waals surface area contributed by atoms with Gasteiger partial charge in [0.1, 0.15) is 11.5 Å². The van der Waals surface area contributed by atoms with Gasteiger partial charge in [-0.25, -0.2) is 4.39 Å². The molecule has 1 amide bonds. The van der Waals surface area contributed by atoms with Gasteiger partial charge in [-0.1, -0.05) is 78.9 Å². The maximum Gasteiger partial charge on any atom is 0.238 e. The number of Topliss-reactive ketones (excluding diaryl/α,β-unsaturated/α-hetero) is 2. The zero-order chi connectivity index (χ0) is 28.3. The van der Waals surface area contributed by atoms with Gasteiger partial charge in [-0.15, -0.1) is 0 Å². The Bertz CT molecular complexity index is 1770. The third-order valence-electron chi connectivity index (χ3n) is 8.59. The molecule has 4 aromatic carbocycles. The normalized spacial score (nSPS) is 23.5. The summed E-state index contributed by atoms with van der Waals surface area (Å²) in [7, 11) is 1.35. The van der Waals surface area contributed by atoms with E-state index in [2.05, 4.69) is 5.32 Å². The first-order valence-electron chi connectivity index (χ1n) is 13.4. The largest absolute Gasteiger partial charge is 0.494 e. The van der Waals surface area contributed by atoms with Gasteiger partial charge in [0.05, 0.1) is 19.1 Å². The van der Waals surface area contributed by atoms with Crippen molar-refractivity contribution in [3.8, 4) is 5.75 Å². The van der Waals surface area contributed by atoms with E-state index in [1.54, 1.807) is 30.3 Å². The van der Waals surface area contributed by atoms with Crippen LogP contribution in [0.25, 0.3) is 6.08 Å². The average molecular weight is 545 g/mol. The van der Waals surface area contributed by atoms with Crippen molar-refractivity contribution >= 4 is 34.9 Å². The van der Waals surface area contributed by atoms with Crippen LogP contribution < -0.4 is 15.0 Å². The molecule has 4 aromatic rings. The van der Waals surface area contributed by atoms with Crippen molar-refractivity contribution in [2.45, 2.75) is 17.5 Å². The number of ether oxygens (including phenoxy) is 1. The van der Waals surface area contributed by atoms with Crippen molar-refractivity contribution in [3.63, 3.8) is 0 Å². The number of anilines is 2. The standard InChI is InChI=1S/C34H25FN2O4/c1-41-27-17-15-22(19-24(27)35)31(38)29-30(32(39)21-10-3-2-4-11-21)37-26-14-8-5-9-20(26)16-18-28(37)34(29)23-12-6-7-13-25(23)36-33(34)40/h2-19,28-30H,1H3,(H,36,40). The molecule has 0 aromatic heterocycles. The molecule has 1 fully saturated rings. The lowest BCUT2D eigenvalue weighted by Gasteiger charge is -2.37. The van der Waals surface area contributed by atoms with Crippen LogP contribution in [0.1, 0.15) is 31.8 Å². The number of rotatable bonds is 5. The molecule has 3 aliphatic heterocycles. The third kappa shape index (κ3) is 3.45. The summed E-state index contributed by atoms with van der Waals surface area (Å²) < 4.78 is 20.0. The minimum Gasteiger partial charge on any atom is -0.494 e. The third-order valence-corrected chi connectivity index (χ3v) is 8.59. The lowest BCUT2D eigenvalue weighted by Crippen LogP contribution is -2.51. The summed E-state index contributed by atoms with van der Waals surface area (Å²) in [6.07, 6.45) is 3.85. The number of halogens is 1. The predicted molar refractivity (Wildman–Crippen MR) is 154 cm³/mol. The zero-order valence-electron chi connectivity index (χ0n) is 22.1. The molecular weight excluding hydrogens is 519 g/mol. The molecule has 0 bridgehead atoms. The second-order valence-corrected chi connectivity index (χ2v) is 10.5. The van der Waals surface area contributed by atoms with Gasteiger partial charge in [0, 0.05) is 22.5 Å². The van der Waals surface area contributed by atoms with Crippen LogP contribution in [0.5, 0.6) is 5.75 Å². The van der Waals surface area contributed by atoms with Crippen LogP contribution in [0.4, 0.5) is 15.8 Å². The van der Waals surface area contributed by atoms with Gasteiger partial charge in [0.2, 0.25) is 5.91 Å². The quantitative estimate of drug-likeness (QED) is 0.327. The maximum absolute atomic E-state index is 15.0. The van der Waals surface area contributed by atoms with E-state index in [0.717, 1.165) is 17.3 Å². The Labute approximate surface area is 236 Å². The van der Waals surface area contributed by atoms with E-state index in [0.29, 0.717) is 16.8 Å². The van der Waals surface area contributed by atoms with Crippen molar-refractivity contribution in [2.75, 3.05) is 17.3 Å². The van der Waals surface area contributed by atoms with E-state index in [1.165, 1.54) is 19.2 Å². The number of carbonyl (C=O) groups is 3. The molecule has 41 heavy (non-hydrogen) atoms. The Morgan fingerprint density at radius 2 is 1.61 bits per heavy atom.